The molecule has 2 unspecified atom stereocenters. The molecule has 1 saturated heterocycles. The number of rotatable bonds is 5. The maximum atomic E-state index is 13.1. The number of carbonyl (C=O) groups is 2. The zero-order valence-corrected chi connectivity index (χ0v) is 18.6. The van der Waals surface area contributed by atoms with Crippen LogP contribution in [0.1, 0.15) is 30.0 Å². The molecule has 1 aliphatic heterocycles. The highest BCUT2D eigenvalue weighted by Crippen LogP contribution is 2.27. The van der Waals surface area contributed by atoms with Crippen LogP contribution >= 0.6 is 15.9 Å². The third kappa shape index (κ3) is 4.62. The smallest absolute Gasteiger partial charge is 0.258 e. The standard InChI is InChI=1S/C22H22BrN5O3/c1-13-10-20(29)26-22(24-13)28-19(12-18(27-28)14-6-4-3-5-7-14)25-21(30)16-11-15(31-2)8-9-17(16)23/h3-9,11-13,22,24H,10H2,1-2H3,(H,25,30)(H,26,29). The van der Waals surface area contributed by atoms with Crippen molar-refractivity contribution >= 4 is 33.6 Å². The van der Waals surface area contributed by atoms with E-state index in [0.717, 1.165) is 5.56 Å². The minimum atomic E-state index is -0.585. The second-order valence-electron chi connectivity index (χ2n) is 7.27. The van der Waals surface area contributed by atoms with Gasteiger partial charge in [-0.05, 0) is 41.1 Å². The molecule has 31 heavy (non-hydrogen) atoms. The number of nitrogens with zero attached hydrogens (tertiary/aromatic N) is 2. The number of anilines is 1. The van der Waals surface area contributed by atoms with Gasteiger partial charge in [0.05, 0.1) is 18.4 Å². The normalized spacial score (nSPS) is 18.4. The molecule has 2 aromatic carbocycles. The molecule has 2 atom stereocenters. The van der Waals surface area contributed by atoms with Crippen LogP contribution < -0.4 is 20.7 Å². The van der Waals surface area contributed by atoms with Gasteiger partial charge < -0.3 is 15.4 Å². The van der Waals surface area contributed by atoms with Gasteiger partial charge in [0.15, 0.2) is 6.29 Å². The lowest BCUT2D eigenvalue weighted by molar-refractivity contribution is -0.125. The van der Waals surface area contributed by atoms with Crippen LogP contribution in [0.3, 0.4) is 0 Å². The minimum absolute atomic E-state index is 0.0285. The van der Waals surface area contributed by atoms with E-state index in [1.54, 1.807) is 36.1 Å². The SMILES string of the molecule is COc1ccc(Br)c(C(=O)Nc2cc(-c3ccccc3)nn2C2NC(=O)CC(C)N2)c1. The quantitative estimate of drug-likeness (QED) is 0.515. The highest BCUT2D eigenvalue weighted by atomic mass is 79.9. The van der Waals surface area contributed by atoms with E-state index in [0.29, 0.717) is 33.7 Å². The van der Waals surface area contributed by atoms with Crippen molar-refractivity contribution in [2.24, 2.45) is 0 Å². The predicted molar refractivity (Wildman–Crippen MR) is 121 cm³/mol. The Hall–Kier alpha value is -3.17. The van der Waals surface area contributed by atoms with Gasteiger partial charge in [0.2, 0.25) is 5.91 Å². The van der Waals surface area contributed by atoms with Crippen molar-refractivity contribution < 1.29 is 14.3 Å². The molecule has 8 nitrogen and oxygen atoms in total. The van der Waals surface area contributed by atoms with Gasteiger partial charge in [0.1, 0.15) is 11.6 Å². The van der Waals surface area contributed by atoms with Crippen LogP contribution in [0.5, 0.6) is 5.75 Å². The largest absolute Gasteiger partial charge is 0.497 e. The third-order valence-electron chi connectivity index (χ3n) is 4.94. The number of halogens is 1. The summed E-state index contributed by atoms with van der Waals surface area (Å²) in [6.07, 6.45) is -0.209. The van der Waals surface area contributed by atoms with E-state index in [4.69, 9.17) is 4.74 Å². The fourth-order valence-corrected chi connectivity index (χ4v) is 3.84. The van der Waals surface area contributed by atoms with Crippen molar-refractivity contribution in [1.29, 1.82) is 0 Å². The number of hydrogen-bond acceptors (Lipinski definition) is 5. The lowest BCUT2D eigenvalue weighted by Gasteiger charge is -2.30. The maximum absolute atomic E-state index is 13.1. The van der Waals surface area contributed by atoms with Gasteiger partial charge in [-0.15, -0.1) is 0 Å². The van der Waals surface area contributed by atoms with Crippen LogP contribution in [-0.2, 0) is 4.79 Å². The molecule has 0 bridgehead atoms. The summed E-state index contributed by atoms with van der Waals surface area (Å²) in [4.78, 5) is 25.2. The van der Waals surface area contributed by atoms with Crippen LogP contribution in [-0.4, -0.2) is 34.7 Å². The number of ether oxygens (including phenoxy) is 1. The van der Waals surface area contributed by atoms with E-state index >= 15 is 0 Å². The number of benzene rings is 2. The summed E-state index contributed by atoms with van der Waals surface area (Å²) in [5, 5.41) is 13.8. The molecule has 9 heteroatoms. The molecule has 3 N–H and O–H groups in total. The monoisotopic (exact) mass is 483 g/mol. The molecule has 0 saturated carbocycles. The molecule has 0 radical (unpaired) electrons. The molecule has 2 amide bonds. The van der Waals surface area contributed by atoms with E-state index < -0.39 is 6.29 Å². The second kappa shape index (κ2) is 8.91. The highest BCUT2D eigenvalue weighted by Gasteiger charge is 2.27. The summed E-state index contributed by atoms with van der Waals surface area (Å²) in [5.74, 6) is 0.606. The number of carbonyl (C=O) groups excluding carboxylic acids is 2. The molecule has 2 heterocycles. The van der Waals surface area contributed by atoms with E-state index in [9.17, 15) is 9.59 Å². The van der Waals surface area contributed by atoms with Crippen LogP contribution in [0.15, 0.2) is 59.1 Å². The molecule has 1 aromatic heterocycles. The Labute approximate surface area is 188 Å². The number of hydrogen-bond donors (Lipinski definition) is 3. The summed E-state index contributed by atoms with van der Waals surface area (Å²) < 4.78 is 7.46. The van der Waals surface area contributed by atoms with Crippen LogP contribution in [0, 0.1) is 0 Å². The molecule has 4 rings (SSSR count). The molecule has 0 aliphatic carbocycles. The van der Waals surface area contributed by atoms with Gasteiger partial charge in [-0.25, -0.2) is 4.68 Å². The first-order valence-electron chi connectivity index (χ1n) is 9.80. The predicted octanol–water partition coefficient (Wildman–Crippen LogP) is 3.53. The molecule has 160 valence electrons. The average molecular weight is 484 g/mol. The van der Waals surface area contributed by atoms with Crippen molar-refractivity contribution in [2.45, 2.75) is 25.7 Å². The summed E-state index contributed by atoms with van der Waals surface area (Å²) in [7, 11) is 1.55. The van der Waals surface area contributed by atoms with Crippen molar-refractivity contribution in [2.75, 3.05) is 12.4 Å². The minimum Gasteiger partial charge on any atom is -0.497 e. The maximum Gasteiger partial charge on any atom is 0.258 e. The zero-order chi connectivity index (χ0) is 22.0. The van der Waals surface area contributed by atoms with Gasteiger partial charge in [-0.1, -0.05) is 30.3 Å². The zero-order valence-electron chi connectivity index (χ0n) is 17.1. The Morgan fingerprint density at radius 2 is 2.00 bits per heavy atom. The Balaban J connectivity index is 1.71. The average Bonchev–Trinajstić information content (AvgIpc) is 3.18. The van der Waals surface area contributed by atoms with Crippen LogP contribution in [0.25, 0.3) is 11.3 Å². The lowest BCUT2D eigenvalue weighted by atomic mass is 10.1. The summed E-state index contributed by atoms with van der Waals surface area (Å²) >= 11 is 3.42. The van der Waals surface area contributed by atoms with E-state index in [2.05, 4.69) is 37.0 Å². The van der Waals surface area contributed by atoms with Crippen LogP contribution in [0.2, 0.25) is 0 Å². The first kappa shape index (κ1) is 21.1. The Morgan fingerprint density at radius 1 is 1.23 bits per heavy atom. The number of nitrogens with one attached hydrogen (secondary N) is 3. The summed E-state index contributed by atoms with van der Waals surface area (Å²) in [5.41, 5.74) is 1.99. The Kier molecular flexibility index (Phi) is 6.06. The Bertz CT molecular complexity index is 1120. The van der Waals surface area contributed by atoms with Crippen molar-refractivity contribution in [3.63, 3.8) is 0 Å². The first-order chi connectivity index (χ1) is 14.9. The lowest BCUT2D eigenvalue weighted by Crippen LogP contribution is -2.52. The van der Waals surface area contributed by atoms with Gasteiger partial charge in [-0.3, -0.25) is 14.9 Å². The molecule has 1 aliphatic rings. The second-order valence-corrected chi connectivity index (χ2v) is 8.12. The van der Waals surface area contributed by atoms with Gasteiger partial charge in [0.25, 0.3) is 5.91 Å². The van der Waals surface area contributed by atoms with Gasteiger partial charge in [0, 0.05) is 28.6 Å². The summed E-state index contributed by atoms with van der Waals surface area (Å²) in [6.45, 7) is 1.93. The molecular formula is C22H22BrN5O3. The molecular weight excluding hydrogens is 462 g/mol. The van der Waals surface area contributed by atoms with Gasteiger partial charge in [-0.2, -0.15) is 5.10 Å². The Morgan fingerprint density at radius 3 is 2.71 bits per heavy atom. The fraction of sp³-hybridized carbons (Fsp3) is 0.227. The van der Waals surface area contributed by atoms with Crippen molar-refractivity contribution in [1.82, 2.24) is 20.4 Å². The number of methoxy groups -OCH3 is 1. The van der Waals surface area contributed by atoms with Crippen molar-refractivity contribution in [3.05, 3.63) is 64.6 Å². The highest BCUT2D eigenvalue weighted by molar-refractivity contribution is 9.10. The summed E-state index contributed by atoms with van der Waals surface area (Å²) in [6, 6.07) is 16.6. The topological polar surface area (TPSA) is 97.3 Å². The van der Waals surface area contributed by atoms with Crippen LogP contribution in [0.4, 0.5) is 5.82 Å². The van der Waals surface area contributed by atoms with E-state index in [1.807, 2.05) is 37.3 Å². The molecule has 0 spiro atoms. The van der Waals surface area contributed by atoms with E-state index in [-0.39, 0.29) is 17.9 Å². The molecule has 3 aromatic rings. The first-order valence-corrected chi connectivity index (χ1v) is 10.6. The molecule has 1 fully saturated rings. The number of amides is 2. The number of aromatic nitrogens is 2. The third-order valence-corrected chi connectivity index (χ3v) is 5.63. The fourth-order valence-electron chi connectivity index (χ4n) is 3.41. The van der Waals surface area contributed by atoms with Crippen molar-refractivity contribution in [3.8, 4) is 17.0 Å². The van der Waals surface area contributed by atoms with E-state index in [1.165, 1.54) is 0 Å². The van der Waals surface area contributed by atoms with Gasteiger partial charge >= 0.3 is 0 Å².